The molecular weight excluding hydrogens is 359 g/mol. The Kier molecular flexibility index (Phi) is 4.02. The van der Waals surface area contributed by atoms with Crippen LogP contribution in [-0.4, -0.2) is 5.78 Å². The molecule has 2 aliphatic rings. The van der Waals surface area contributed by atoms with E-state index in [0.29, 0.717) is 11.7 Å². The number of hydrogen-bond acceptors (Lipinski definition) is 1. The van der Waals surface area contributed by atoms with E-state index in [4.69, 9.17) is 0 Å². The van der Waals surface area contributed by atoms with Gasteiger partial charge in [-0.1, -0.05) is 49.2 Å². The van der Waals surface area contributed by atoms with Gasteiger partial charge >= 0.3 is 0 Å². The Labute approximate surface area is 135 Å². The molecule has 2 saturated carbocycles. The smallest absolute Gasteiger partial charge is 0.139 e. The Balaban J connectivity index is 1.94. The van der Waals surface area contributed by atoms with E-state index in [1.807, 2.05) is 0 Å². The number of allylic oxidation sites excluding steroid dienone is 1. The van der Waals surface area contributed by atoms with Gasteiger partial charge in [0, 0.05) is 15.4 Å². The van der Waals surface area contributed by atoms with Crippen LogP contribution in [0.15, 0.2) is 35.9 Å². The fourth-order valence-electron chi connectivity index (χ4n) is 3.85. The second-order valence-corrected chi connectivity index (χ2v) is 7.53. The first-order chi connectivity index (χ1) is 9.61. The SMILES string of the molecule is C[C@]12C/C(=C(/I)c3ccccc3)C[C@H]1CCCCC2=O. The normalized spacial score (nSPS) is 32.7. The quantitative estimate of drug-likeness (QED) is 0.597. The second-order valence-electron chi connectivity index (χ2n) is 6.45. The van der Waals surface area contributed by atoms with Crippen LogP contribution in [-0.2, 0) is 4.79 Å². The summed E-state index contributed by atoms with van der Waals surface area (Å²) >= 11 is 2.47. The van der Waals surface area contributed by atoms with Crippen molar-refractivity contribution in [3.8, 4) is 0 Å². The van der Waals surface area contributed by atoms with Crippen LogP contribution in [0.4, 0.5) is 0 Å². The number of halogens is 1. The molecule has 0 aliphatic heterocycles. The first-order valence-electron chi connectivity index (χ1n) is 7.57. The van der Waals surface area contributed by atoms with Crippen LogP contribution in [0.2, 0.25) is 0 Å². The van der Waals surface area contributed by atoms with Gasteiger partial charge in [-0.25, -0.2) is 0 Å². The topological polar surface area (TPSA) is 17.1 Å². The Morgan fingerprint density at radius 3 is 2.75 bits per heavy atom. The molecule has 0 unspecified atom stereocenters. The minimum Gasteiger partial charge on any atom is -0.299 e. The van der Waals surface area contributed by atoms with Gasteiger partial charge in [0.15, 0.2) is 0 Å². The number of ketones is 1. The number of fused-ring (bicyclic) bond motifs is 1. The predicted molar refractivity (Wildman–Crippen MR) is 91.7 cm³/mol. The third kappa shape index (κ3) is 2.47. The van der Waals surface area contributed by atoms with Crippen molar-refractivity contribution in [2.24, 2.45) is 11.3 Å². The van der Waals surface area contributed by atoms with E-state index >= 15 is 0 Å². The minimum atomic E-state index is -0.0863. The maximum atomic E-state index is 12.5. The van der Waals surface area contributed by atoms with Crippen molar-refractivity contribution in [2.45, 2.75) is 45.4 Å². The highest BCUT2D eigenvalue weighted by Gasteiger charge is 2.47. The lowest BCUT2D eigenvalue weighted by atomic mass is 9.75. The van der Waals surface area contributed by atoms with E-state index in [1.54, 1.807) is 0 Å². The molecule has 0 heterocycles. The van der Waals surface area contributed by atoms with Gasteiger partial charge in [-0.2, -0.15) is 0 Å². The molecule has 106 valence electrons. The molecule has 2 atom stereocenters. The Morgan fingerprint density at radius 2 is 2.00 bits per heavy atom. The van der Waals surface area contributed by atoms with Crippen LogP contribution in [0.25, 0.3) is 3.58 Å². The van der Waals surface area contributed by atoms with Crippen LogP contribution < -0.4 is 0 Å². The van der Waals surface area contributed by atoms with Crippen molar-refractivity contribution in [2.75, 3.05) is 0 Å². The van der Waals surface area contributed by atoms with Crippen LogP contribution in [0.3, 0.4) is 0 Å². The van der Waals surface area contributed by atoms with Gasteiger partial charge in [-0.05, 0) is 59.8 Å². The fourth-order valence-corrected chi connectivity index (χ4v) is 4.62. The summed E-state index contributed by atoms with van der Waals surface area (Å²) in [6.45, 7) is 2.22. The summed E-state index contributed by atoms with van der Waals surface area (Å²) < 4.78 is 1.37. The average Bonchev–Trinajstić information content (AvgIpc) is 2.75. The third-order valence-electron chi connectivity index (χ3n) is 5.16. The molecule has 0 saturated heterocycles. The number of benzene rings is 1. The summed E-state index contributed by atoms with van der Waals surface area (Å²) in [7, 11) is 0. The molecule has 0 amide bonds. The number of carbonyl (C=O) groups excluding carboxylic acids is 1. The lowest BCUT2D eigenvalue weighted by Crippen LogP contribution is -2.29. The van der Waals surface area contributed by atoms with E-state index in [9.17, 15) is 4.79 Å². The number of Topliss-reactive ketones (excluding diaryl/α,β-unsaturated/α-hetero) is 1. The van der Waals surface area contributed by atoms with Crippen LogP contribution in [0, 0.1) is 11.3 Å². The molecule has 0 aromatic heterocycles. The van der Waals surface area contributed by atoms with E-state index < -0.39 is 0 Å². The van der Waals surface area contributed by atoms with Gasteiger partial charge < -0.3 is 0 Å². The largest absolute Gasteiger partial charge is 0.299 e. The highest BCUT2D eigenvalue weighted by molar-refractivity contribution is 14.1. The Hall–Kier alpha value is -0.640. The van der Waals surface area contributed by atoms with E-state index in [1.165, 1.54) is 27.6 Å². The molecule has 0 spiro atoms. The first kappa shape index (κ1) is 14.3. The van der Waals surface area contributed by atoms with E-state index in [-0.39, 0.29) is 5.41 Å². The van der Waals surface area contributed by atoms with Crippen molar-refractivity contribution < 1.29 is 4.79 Å². The van der Waals surface area contributed by atoms with Crippen molar-refractivity contribution in [1.29, 1.82) is 0 Å². The molecule has 3 rings (SSSR count). The standard InChI is InChI=1S/C18H21IO/c1-18-12-14(17(19)13-7-3-2-4-8-13)11-15(18)9-5-6-10-16(18)20/h2-4,7-8,15H,5-6,9-12H2,1H3/b17-14+/t15-,18+/m1/s1. The van der Waals surface area contributed by atoms with Gasteiger partial charge in [0.25, 0.3) is 0 Å². The summed E-state index contributed by atoms with van der Waals surface area (Å²) in [5.74, 6) is 1.08. The monoisotopic (exact) mass is 380 g/mol. The van der Waals surface area contributed by atoms with Crippen molar-refractivity contribution >= 4 is 32.0 Å². The molecule has 1 nitrogen and oxygen atoms in total. The van der Waals surface area contributed by atoms with Crippen LogP contribution in [0.1, 0.15) is 51.0 Å². The van der Waals surface area contributed by atoms with E-state index in [0.717, 1.165) is 25.7 Å². The number of carbonyl (C=O) groups is 1. The molecule has 2 heteroatoms. The zero-order chi connectivity index (χ0) is 14.2. The lowest BCUT2D eigenvalue weighted by molar-refractivity contribution is -0.129. The summed E-state index contributed by atoms with van der Waals surface area (Å²) in [4.78, 5) is 12.5. The Bertz CT molecular complexity index is 546. The molecule has 0 radical (unpaired) electrons. The zero-order valence-electron chi connectivity index (χ0n) is 12.0. The van der Waals surface area contributed by atoms with Gasteiger partial charge in [0.1, 0.15) is 5.78 Å². The van der Waals surface area contributed by atoms with E-state index in [2.05, 4.69) is 59.8 Å². The van der Waals surface area contributed by atoms with Crippen molar-refractivity contribution in [1.82, 2.24) is 0 Å². The molecule has 2 aliphatic carbocycles. The fraction of sp³-hybridized carbons (Fsp3) is 0.500. The van der Waals surface area contributed by atoms with Crippen LogP contribution >= 0.6 is 22.6 Å². The van der Waals surface area contributed by atoms with Gasteiger partial charge in [0.2, 0.25) is 0 Å². The second kappa shape index (κ2) is 5.63. The summed E-state index contributed by atoms with van der Waals surface area (Å²) in [6.07, 6.45) is 6.44. The van der Waals surface area contributed by atoms with Crippen LogP contribution in [0.5, 0.6) is 0 Å². The summed E-state index contributed by atoms with van der Waals surface area (Å²) in [5, 5.41) is 0. The minimum absolute atomic E-state index is 0.0863. The molecule has 2 fully saturated rings. The van der Waals surface area contributed by atoms with Gasteiger partial charge in [-0.15, -0.1) is 0 Å². The zero-order valence-corrected chi connectivity index (χ0v) is 14.2. The molecular formula is C18H21IO. The summed E-state index contributed by atoms with van der Waals surface area (Å²) in [6, 6.07) is 10.6. The first-order valence-corrected chi connectivity index (χ1v) is 8.65. The highest BCUT2D eigenvalue weighted by Crippen LogP contribution is 2.53. The maximum Gasteiger partial charge on any atom is 0.139 e. The summed E-state index contributed by atoms with van der Waals surface area (Å²) in [5.41, 5.74) is 2.71. The van der Waals surface area contributed by atoms with Gasteiger partial charge in [0.05, 0.1) is 0 Å². The van der Waals surface area contributed by atoms with Crippen molar-refractivity contribution in [3.63, 3.8) is 0 Å². The number of hydrogen-bond donors (Lipinski definition) is 0. The molecule has 1 aromatic carbocycles. The average molecular weight is 380 g/mol. The Morgan fingerprint density at radius 1 is 1.25 bits per heavy atom. The molecule has 20 heavy (non-hydrogen) atoms. The van der Waals surface area contributed by atoms with Crippen molar-refractivity contribution in [3.05, 3.63) is 41.5 Å². The molecule has 0 bridgehead atoms. The maximum absolute atomic E-state index is 12.5. The number of rotatable bonds is 1. The van der Waals surface area contributed by atoms with Gasteiger partial charge in [-0.3, -0.25) is 4.79 Å². The predicted octanol–water partition coefficient (Wildman–Crippen LogP) is 5.39. The molecule has 1 aromatic rings. The third-order valence-corrected chi connectivity index (χ3v) is 6.54. The highest BCUT2D eigenvalue weighted by atomic mass is 127. The lowest BCUT2D eigenvalue weighted by Gasteiger charge is -2.27. The molecule has 0 N–H and O–H groups in total.